The predicted octanol–water partition coefficient (Wildman–Crippen LogP) is 1.58. The van der Waals surface area contributed by atoms with Gasteiger partial charge in [-0.05, 0) is 19.8 Å². The van der Waals surface area contributed by atoms with E-state index in [2.05, 4.69) is 28.0 Å². The molecule has 0 amide bonds. The van der Waals surface area contributed by atoms with Gasteiger partial charge in [0.15, 0.2) is 0 Å². The second kappa shape index (κ2) is 3.52. The van der Waals surface area contributed by atoms with E-state index < -0.39 is 0 Å². The topological polar surface area (TPSA) is 39.1 Å². The predicted molar refractivity (Wildman–Crippen MR) is 58.0 cm³/mol. The Morgan fingerprint density at radius 2 is 2.47 bits per heavy atom. The molecule has 0 aromatic carbocycles. The third kappa shape index (κ3) is 1.53. The second-order valence-corrected chi connectivity index (χ2v) is 4.52. The van der Waals surface area contributed by atoms with Gasteiger partial charge in [-0.3, -0.25) is 0 Å². The van der Waals surface area contributed by atoms with Gasteiger partial charge in [-0.25, -0.2) is 4.98 Å². The molecule has 82 valence electrons. The molecular formula is C11H17N3O. The van der Waals surface area contributed by atoms with Gasteiger partial charge >= 0.3 is 0 Å². The number of hydrogen-bond acceptors (Lipinski definition) is 3. The summed E-state index contributed by atoms with van der Waals surface area (Å²) in [5.74, 6) is 1.72. The SMILES string of the molecule is Cc1cn2c(n1)NCCC2C1CCOC1. The molecule has 4 heteroatoms. The molecule has 15 heavy (non-hydrogen) atoms. The van der Waals surface area contributed by atoms with Crippen molar-refractivity contribution in [2.75, 3.05) is 25.1 Å². The van der Waals surface area contributed by atoms with Crippen LogP contribution in [0.25, 0.3) is 0 Å². The lowest BCUT2D eigenvalue weighted by molar-refractivity contribution is 0.170. The lowest BCUT2D eigenvalue weighted by Crippen LogP contribution is -2.28. The quantitative estimate of drug-likeness (QED) is 0.760. The minimum Gasteiger partial charge on any atom is -0.381 e. The zero-order valence-corrected chi connectivity index (χ0v) is 9.07. The molecule has 4 nitrogen and oxygen atoms in total. The highest BCUT2D eigenvalue weighted by molar-refractivity contribution is 5.31. The first-order valence-electron chi connectivity index (χ1n) is 5.71. The average Bonchev–Trinajstić information content (AvgIpc) is 2.82. The van der Waals surface area contributed by atoms with Crippen molar-refractivity contribution in [2.24, 2.45) is 5.92 Å². The van der Waals surface area contributed by atoms with Crippen LogP contribution in [-0.4, -0.2) is 29.3 Å². The number of rotatable bonds is 1. The number of fused-ring (bicyclic) bond motifs is 1. The summed E-state index contributed by atoms with van der Waals surface area (Å²) in [5, 5.41) is 3.35. The van der Waals surface area contributed by atoms with Crippen LogP contribution < -0.4 is 5.32 Å². The van der Waals surface area contributed by atoms with Crippen LogP contribution >= 0.6 is 0 Å². The van der Waals surface area contributed by atoms with Crippen molar-refractivity contribution in [3.05, 3.63) is 11.9 Å². The maximum absolute atomic E-state index is 5.48. The van der Waals surface area contributed by atoms with Gasteiger partial charge in [-0.2, -0.15) is 0 Å². The maximum atomic E-state index is 5.48. The summed E-state index contributed by atoms with van der Waals surface area (Å²) in [6.07, 6.45) is 4.54. The van der Waals surface area contributed by atoms with Crippen molar-refractivity contribution in [3.8, 4) is 0 Å². The summed E-state index contributed by atoms with van der Waals surface area (Å²) < 4.78 is 7.78. The molecule has 0 spiro atoms. The monoisotopic (exact) mass is 207 g/mol. The van der Waals surface area contributed by atoms with Crippen molar-refractivity contribution in [1.29, 1.82) is 0 Å². The molecular weight excluding hydrogens is 190 g/mol. The minimum atomic E-state index is 0.588. The van der Waals surface area contributed by atoms with Crippen molar-refractivity contribution in [3.63, 3.8) is 0 Å². The summed E-state index contributed by atoms with van der Waals surface area (Å²) in [5.41, 5.74) is 1.10. The largest absolute Gasteiger partial charge is 0.381 e. The Labute approximate surface area is 89.6 Å². The first-order valence-corrected chi connectivity index (χ1v) is 5.71. The first-order chi connectivity index (χ1) is 7.34. The van der Waals surface area contributed by atoms with Crippen LogP contribution in [0.1, 0.15) is 24.6 Å². The highest BCUT2D eigenvalue weighted by atomic mass is 16.5. The molecule has 1 aromatic rings. The van der Waals surface area contributed by atoms with Gasteiger partial charge in [0.2, 0.25) is 5.95 Å². The zero-order chi connectivity index (χ0) is 10.3. The molecule has 0 bridgehead atoms. The van der Waals surface area contributed by atoms with Crippen molar-refractivity contribution >= 4 is 5.95 Å². The van der Waals surface area contributed by atoms with Gasteiger partial charge in [0.1, 0.15) is 0 Å². The van der Waals surface area contributed by atoms with Crippen molar-refractivity contribution in [1.82, 2.24) is 9.55 Å². The fourth-order valence-electron chi connectivity index (χ4n) is 2.69. The Morgan fingerprint density at radius 3 is 3.27 bits per heavy atom. The van der Waals surface area contributed by atoms with Crippen LogP contribution in [0.15, 0.2) is 6.20 Å². The smallest absolute Gasteiger partial charge is 0.203 e. The van der Waals surface area contributed by atoms with Crippen LogP contribution in [0.3, 0.4) is 0 Å². The summed E-state index contributed by atoms with van der Waals surface area (Å²) >= 11 is 0. The van der Waals surface area contributed by atoms with Gasteiger partial charge in [0.25, 0.3) is 0 Å². The lowest BCUT2D eigenvalue weighted by atomic mass is 9.95. The van der Waals surface area contributed by atoms with Crippen LogP contribution in [0.2, 0.25) is 0 Å². The van der Waals surface area contributed by atoms with Crippen LogP contribution in [0, 0.1) is 12.8 Å². The molecule has 2 aliphatic heterocycles. The molecule has 0 saturated carbocycles. The van der Waals surface area contributed by atoms with Gasteiger partial charge in [0.05, 0.1) is 12.3 Å². The summed E-state index contributed by atoms with van der Waals surface area (Å²) in [7, 11) is 0. The Balaban J connectivity index is 1.90. The van der Waals surface area contributed by atoms with E-state index in [1.54, 1.807) is 0 Å². The molecule has 1 N–H and O–H groups in total. The molecule has 1 fully saturated rings. The van der Waals surface area contributed by atoms with E-state index >= 15 is 0 Å². The summed E-state index contributed by atoms with van der Waals surface area (Å²) in [6.45, 7) is 4.94. The number of hydrogen-bond donors (Lipinski definition) is 1. The van der Waals surface area contributed by atoms with Gasteiger partial charge in [-0.15, -0.1) is 0 Å². The zero-order valence-electron chi connectivity index (χ0n) is 9.07. The lowest BCUT2D eigenvalue weighted by Gasteiger charge is -2.29. The summed E-state index contributed by atoms with van der Waals surface area (Å²) in [4.78, 5) is 4.48. The third-order valence-corrected chi connectivity index (χ3v) is 3.44. The van der Waals surface area contributed by atoms with E-state index in [9.17, 15) is 0 Å². The normalized spacial score (nSPS) is 29.9. The van der Waals surface area contributed by atoms with E-state index in [4.69, 9.17) is 4.74 Å². The Hall–Kier alpha value is -1.03. The van der Waals surface area contributed by atoms with E-state index in [0.717, 1.165) is 31.4 Å². The molecule has 3 rings (SSSR count). The van der Waals surface area contributed by atoms with E-state index in [1.165, 1.54) is 12.8 Å². The van der Waals surface area contributed by atoms with Crippen molar-refractivity contribution in [2.45, 2.75) is 25.8 Å². The van der Waals surface area contributed by atoms with Crippen LogP contribution in [0.5, 0.6) is 0 Å². The number of ether oxygens (including phenoxy) is 1. The van der Waals surface area contributed by atoms with Gasteiger partial charge in [0, 0.05) is 31.3 Å². The first kappa shape index (κ1) is 9.21. The highest BCUT2D eigenvalue weighted by Crippen LogP contribution is 2.34. The van der Waals surface area contributed by atoms with E-state index in [-0.39, 0.29) is 0 Å². The number of anilines is 1. The van der Waals surface area contributed by atoms with Crippen LogP contribution in [0.4, 0.5) is 5.95 Å². The Morgan fingerprint density at radius 1 is 1.53 bits per heavy atom. The van der Waals surface area contributed by atoms with Gasteiger partial charge < -0.3 is 14.6 Å². The molecule has 0 aliphatic carbocycles. The van der Waals surface area contributed by atoms with E-state index in [1.807, 2.05) is 0 Å². The summed E-state index contributed by atoms with van der Waals surface area (Å²) in [6, 6.07) is 0.588. The number of imidazole rings is 1. The second-order valence-electron chi connectivity index (χ2n) is 4.52. The average molecular weight is 207 g/mol. The van der Waals surface area contributed by atoms with Crippen molar-refractivity contribution < 1.29 is 4.74 Å². The fraction of sp³-hybridized carbons (Fsp3) is 0.727. The molecule has 3 heterocycles. The number of nitrogens with zero attached hydrogens (tertiary/aromatic N) is 2. The third-order valence-electron chi connectivity index (χ3n) is 3.44. The van der Waals surface area contributed by atoms with E-state index in [0.29, 0.717) is 12.0 Å². The number of aromatic nitrogens is 2. The standard InChI is InChI=1S/C11H17N3O/c1-8-6-14-10(9-3-5-15-7-9)2-4-12-11(14)13-8/h6,9-10H,2-5,7H2,1H3,(H,12,13). The molecule has 2 unspecified atom stereocenters. The Bertz CT molecular complexity index is 355. The fourth-order valence-corrected chi connectivity index (χ4v) is 2.69. The number of nitrogens with one attached hydrogen (secondary N) is 1. The minimum absolute atomic E-state index is 0.588. The number of aryl methyl sites for hydroxylation is 1. The van der Waals surface area contributed by atoms with Gasteiger partial charge in [-0.1, -0.05) is 0 Å². The molecule has 0 radical (unpaired) electrons. The highest BCUT2D eigenvalue weighted by Gasteiger charge is 2.30. The molecule has 1 saturated heterocycles. The molecule has 2 aliphatic rings. The molecule has 2 atom stereocenters. The Kier molecular flexibility index (Phi) is 2.16. The van der Waals surface area contributed by atoms with Crippen LogP contribution in [-0.2, 0) is 4.74 Å². The molecule has 1 aromatic heterocycles. The maximum Gasteiger partial charge on any atom is 0.203 e.